The molecule has 0 N–H and O–H groups in total. The molecular weight excluding hydrogens is 428 g/mol. The molecule has 0 saturated heterocycles. The van der Waals surface area contributed by atoms with Crippen LogP contribution in [-0.4, -0.2) is 18.9 Å². The Hall–Kier alpha value is -4.70. The van der Waals surface area contributed by atoms with Crippen LogP contribution in [0.1, 0.15) is 9.68 Å². The lowest BCUT2D eigenvalue weighted by Crippen LogP contribution is -1.96. The van der Waals surface area contributed by atoms with E-state index in [4.69, 9.17) is 14.1 Å². The second-order valence-corrected chi connectivity index (χ2v) is 8.60. The molecule has 3 aromatic heterocycles. The summed E-state index contributed by atoms with van der Waals surface area (Å²) in [5.74, 6) is 0.729. The summed E-state index contributed by atoms with van der Waals surface area (Å²) in [4.78, 5) is 9.86. The van der Waals surface area contributed by atoms with Crippen LogP contribution in [0.15, 0.2) is 115 Å². The van der Waals surface area contributed by atoms with Gasteiger partial charge in [-0.1, -0.05) is 66.7 Å². The second kappa shape index (κ2) is 7.67. The van der Waals surface area contributed by atoms with Gasteiger partial charge in [0.15, 0.2) is 0 Å². The van der Waals surface area contributed by atoms with E-state index < -0.39 is 6.85 Å². The number of rotatable bonds is 3. The van der Waals surface area contributed by atoms with Crippen LogP contribution >= 0.6 is 0 Å². The van der Waals surface area contributed by atoms with Crippen LogP contribution in [0.25, 0.3) is 56.0 Å². The Labute approximate surface area is 207 Å². The highest BCUT2D eigenvalue weighted by molar-refractivity contribution is 5.92. The van der Waals surface area contributed by atoms with Gasteiger partial charge in [0.2, 0.25) is 5.78 Å². The molecule has 0 radical (unpaired) electrons. The molecule has 0 aliphatic heterocycles. The van der Waals surface area contributed by atoms with Crippen LogP contribution in [0, 0.1) is 6.85 Å². The number of pyridine rings is 1. The number of aryl methyl sites for hydroxylation is 1. The Kier molecular flexibility index (Phi) is 3.69. The lowest BCUT2D eigenvalue weighted by molar-refractivity contribution is 1.11. The molecule has 0 saturated carbocycles. The zero-order chi connectivity index (χ0) is 25.9. The zero-order valence-corrected chi connectivity index (χ0v) is 18.8. The highest BCUT2D eigenvalue weighted by atomic mass is 15.2. The maximum Gasteiger partial charge on any atom is 0.220 e. The highest BCUT2D eigenvalue weighted by Gasteiger charge is 2.17. The number of fused-ring (bicyclic) bond motifs is 5. The van der Waals surface area contributed by atoms with Gasteiger partial charge in [0.05, 0.1) is 33.5 Å². The molecule has 0 spiro atoms. The molecule has 3 heterocycles. The van der Waals surface area contributed by atoms with E-state index in [-0.39, 0.29) is 5.56 Å². The van der Waals surface area contributed by atoms with Gasteiger partial charge in [-0.3, -0.25) is 8.97 Å². The molecule has 0 aliphatic rings. The van der Waals surface area contributed by atoms with E-state index in [9.17, 15) is 0 Å². The Morgan fingerprint density at radius 2 is 1.34 bits per heavy atom. The van der Waals surface area contributed by atoms with Crippen molar-refractivity contribution < 1.29 is 4.11 Å². The summed E-state index contributed by atoms with van der Waals surface area (Å²) in [5.41, 5.74) is 8.66. The zero-order valence-electron chi connectivity index (χ0n) is 21.8. The van der Waals surface area contributed by atoms with Crippen LogP contribution in [0.5, 0.6) is 0 Å². The van der Waals surface area contributed by atoms with Gasteiger partial charge in [-0.2, -0.15) is 0 Å². The fraction of sp³-hybridized carbons (Fsp3) is 0.0323. The van der Waals surface area contributed by atoms with Crippen molar-refractivity contribution >= 4 is 27.8 Å². The van der Waals surface area contributed by atoms with Gasteiger partial charge in [-0.25, -0.2) is 9.97 Å². The number of imidazole rings is 2. The number of hydrogen-bond acceptors (Lipinski definition) is 2. The molecular formula is C31H22N4. The number of nitrogens with zero attached hydrogens (tertiary/aromatic N) is 4. The topological polar surface area (TPSA) is 35.1 Å². The standard InChI is InChI=1S/C31H22N4/c1-21-17-18-28-27(19-21)33-31-34(29-15-5-6-16-30(29)35(28)31)24-12-7-11-23(20-24)26-14-8-13-25(32-26)22-9-3-2-4-10-22/h2-20H,1H3/i1D3. The van der Waals surface area contributed by atoms with Crippen molar-refractivity contribution in [2.24, 2.45) is 0 Å². The number of aromatic nitrogens is 4. The predicted molar refractivity (Wildman–Crippen MR) is 143 cm³/mol. The Morgan fingerprint density at radius 3 is 2.20 bits per heavy atom. The van der Waals surface area contributed by atoms with Gasteiger partial charge < -0.3 is 0 Å². The summed E-state index contributed by atoms with van der Waals surface area (Å²) >= 11 is 0. The molecule has 7 aromatic rings. The lowest BCUT2D eigenvalue weighted by atomic mass is 10.1. The van der Waals surface area contributed by atoms with Crippen LogP contribution in [0.4, 0.5) is 0 Å². The van der Waals surface area contributed by atoms with Crippen molar-refractivity contribution in [3.8, 4) is 28.2 Å². The van der Waals surface area contributed by atoms with Crippen molar-refractivity contribution in [2.75, 3.05) is 0 Å². The summed E-state index contributed by atoms with van der Waals surface area (Å²) in [6.07, 6.45) is 0. The number of benzene rings is 4. The minimum absolute atomic E-state index is 0.285. The molecule has 166 valence electrons. The monoisotopic (exact) mass is 453 g/mol. The smallest absolute Gasteiger partial charge is 0.220 e. The second-order valence-electron chi connectivity index (χ2n) is 8.60. The normalized spacial score (nSPS) is 13.2. The van der Waals surface area contributed by atoms with Crippen molar-refractivity contribution in [2.45, 2.75) is 6.85 Å². The van der Waals surface area contributed by atoms with Gasteiger partial charge in [0.1, 0.15) is 0 Å². The summed E-state index contributed by atoms with van der Waals surface area (Å²) in [6, 6.07) is 37.9. The molecule has 0 fully saturated rings. The molecule has 4 nitrogen and oxygen atoms in total. The van der Waals surface area contributed by atoms with Gasteiger partial charge in [-0.05, 0) is 60.9 Å². The molecule has 4 aromatic carbocycles. The van der Waals surface area contributed by atoms with E-state index in [1.807, 2.05) is 60.7 Å². The van der Waals surface area contributed by atoms with Gasteiger partial charge in [-0.15, -0.1) is 0 Å². The molecule has 35 heavy (non-hydrogen) atoms. The average molecular weight is 454 g/mol. The van der Waals surface area contributed by atoms with Crippen molar-refractivity contribution in [1.82, 2.24) is 18.9 Å². The maximum atomic E-state index is 7.82. The third kappa shape index (κ3) is 3.15. The fourth-order valence-electron chi connectivity index (χ4n) is 4.83. The molecule has 7 rings (SSSR count). The first-order valence-corrected chi connectivity index (χ1v) is 11.5. The van der Waals surface area contributed by atoms with E-state index in [1.165, 1.54) is 0 Å². The summed E-state index contributed by atoms with van der Waals surface area (Å²) in [7, 11) is 0. The Balaban J connectivity index is 1.43. The highest BCUT2D eigenvalue weighted by Crippen LogP contribution is 2.31. The SMILES string of the molecule is [2H]C([2H])([2H])c1ccc2c(c1)nc1n(-c3cccc(-c4cccc(-c5ccccc5)n4)c3)c3ccccc3n21. The largest absolute Gasteiger partial charge is 0.278 e. The maximum absolute atomic E-state index is 7.82. The average Bonchev–Trinajstić information content (AvgIpc) is 3.47. The van der Waals surface area contributed by atoms with E-state index in [2.05, 4.69) is 51.4 Å². The molecule has 0 unspecified atom stereocenters. The lowest BCUT2D eigenvalue weighted by Gasteiger charge is -2.09. The minimum atomic E-state index is -2.19. The number of para-hydroxylation sites is 2. The van der Waals surface area contributed by atoms with Crippen LogP contribution < -0.4 is 0 Å². The molecule has 4 heteroatoms. The van der Waals surface area contributed by atoms with Gasteiger partial charge in [0.25, 0.3) is 0 Å². The van der Waals surface area contributed by atoms with Crippen LogP contribution in [-0.2, 0) is 0 Å². The van der Waals surface area contributed by atoms with E-state index >= 15 is 0 Å². The van der Waals surface area contributed by atoms with Crippen LogP contribution in [0.2, 0.25) is 0 Å². The van der Waals surface area contributed by atoms with Crippen LogP contribution in [0.3, 0.4) is 0 Å². The van der Waals surface area contributed by atoms with Gasteiger partial charge in [0, 0.05) is 20.9 Å². The molecule has 0 amide bonds. The molecule has 0 bridgehead atoms. The predicted octanol–water partition coefficient (Wildman–Crippen LogP) is 7.47. The molecule has 0 aliphatic carbocycles. The van der Waals surface area contributed by atoms with Gasteiger partial charge >= 0.3 is 0 Å². The minimum Gasteiger partial charge on any atom is -0.278 e. The van der Waals surface area contributed by atoms with Crippen molar-refractivity contribution in [3.63, 3.8) is 0 Å². The first-order chi connectivity index (χ1) is 18.5. The Morgan fingerprint density at radius 1 is 0.600 bits per heavy atom. The Bertz CT molecular complexity index is 1970. The van der Waals surface area contributed by atoms with E-state index in [0.717, 1.165) is 50.5 Å². The third-order valence-electron chi connectivity index (χ3n) is 6.42. The van der Waals surface area contributed by atoms with E-state index in [1.54, 1.807) is 12.1 Å². The number of hydrogen-bond donors (Lipinski definition) is 0. The van der Waals surface area contributed by atoms with E-state index in [0.29, 0.717) is 5.52 Å². The first-order valence-electron chi connectivity index (χ1n) is 13.0. The molecule has 0 atom stereocenters. The summed E-state index contributed by atoms with van der Waals surface area (Å²) in [6.45, 7) is -2.19. The summed E-state index contributed by atoms with van der Waals surface area (Å²) < 4.78 is 27.7. The van der Waals surface area contributed by atoms with Crippen molar-refractivity contribution in [3.05, 3.63) is 121 Å². The summed E-state index contributed by atoms with van der Waals surface area (Å²) in [5, 5.41) is 0. The first kappa shape index (κ1) is 16.8. The quantitative estimate of drug-likeness (QED) is 0.278. The fourth-order valence-corrected chi connectivity index (χ4v) is 4.83. The van der Waals surface area contributed by atoms with Crippen molar-refractivity contribution in [1.29, 1.82) is 0 Å². The third-order valence-corrected chi connectivity index (χ3v) is 6.42.